The molecule has 0 aliphatic rings. The van der Waals surface area contributed by atoms with Crippen LogP contribution in [0, 0.1) is 0 Å². The van der Waals surface area contributed by atoms with Gasteiger partial charge in [-0.25, -0.2) is 0 Å². The molecule has 0 radical (unpaired) electrons. The number of nitrogens with zero attached hydrogens (tertiary/aromatic N) is 1. The van der Waals surface area contributed by atoms with Gasteiger partial charge < -0.3 is 10.2 Å². The van der Waals surface area contributed by atoms with E-state index in [0.717, 1.165) is 6.54 Å². The quantitative estimate of drug-likeness (QED) is 0.700. The number of hydrogen-bond acceptors (Lipinski definition) is 2. The third kappa shape index (κ3) is 5.09. The predicted octanol–water partition coefficient (Wildman–Crippen LogP) is 3.98. The maximum Gasteiger partial charge on any atom is 0.0361 e. The summed E-state index contributed by atoms with van der Waals surface area (Å²) in [5, 5.41) is 3.59. The minimum Gasteiger partial charge on any atom is -0.378 e. The van der Waals surface area contributed by atoms with Crippen molar-refractivity contribution < 1.29 is 0 Å². The Bertz CT molecular complexity index is 316. The summed E-state index contributed by atoms with van der Waals surface area (Å²) in [6.45, 7) is 5.61. The lowest BCUT2D eigenvalue weighted by Crippen LogP contribution is -2.20. The van der Waals surface area contributed by atoms with E-state index in [9.17, 15) is 0 Å². The van der Waals surface area contributed by atoms with E-state index in [1.807, 2.05) is 0 Å². The van der Waals surface area contributed by atoms with Crippen molar-refractivity contribution in [2.75, 3.05) is 25.5 Å². The molecule has 1 unspecified atom stereocenters. The zero-order valence-corrected chi connectivity index (χ0v) is 12.4. The summed E-state index contributed by atoms with van der Waals surface area (Å²) in [6.07, 6.45) is 5.29. The Hall–Kier alpha value is -1.02. The van der Waals surface area contributed by atoms with Gasteiger partial charge in [-0.15, -0.1) is 0 Å². The Balaban J connectivity index is 2.34. The maximum atomic E-state index is 3.59. The lowest BCUT2D eigenvalue weighted by Gasteiger charge is -2.17. The largest absolute Gasteiger partial charge is 0.378 e. The highest BCUT2D eigenvalue weighted by atomic mass is 15.1. The Morgan fingerprint density at radius 1 is 1.06 bits per heavy atom. The van der Waals surface area contributed by atoms with Crippen LogP contribution in [-0.2, 0) is 0 Å². The molecule has 0 aliphatic carbocycles. The van der Waals surface area contributed by atoms with Gasteiger partial charge in [0, 0.05) is 25.8 Å². The van der Waals surface area contributed by atoms with Gasteiger partial charge in [-0.1, -0.05) is 38.3 Å². The Labute approximate surface area is 112 Å². The molecule has 1 atom stereocenters. The highest BCUT2D eigenvalue weighted by Gasteiger charge is 2.04. The molecule has 0 saturated heterocycles. The van der Waals surface area contributed by atoms with Crippen molar-refractivity contribution in [2.45, 2.75) is 45.6 Å². The fourth-order valence-corrected chi connectivity index (χ4v) is 2.05. The molecular weight excluding hydrogens is 220 g/mol. The number of rotatable bonds is 8. The van der Waals surface area contributed by atoms with Crippen molar-refractivity contribution in [1.29, 1.82) is 0 Å². The Morgan fingerprint density at radius 2 is 1.72 bits per heavy atom. The molecule has 0 spiro atoms. The van der Waals surface area contributed by atoms with Crippen LogP contribution in [0.2, 0.25) is 0 Å². The molecule has 0 aliphatic heterocycles. The molecule has 18 heavy (non-hydrogen) atoms. The third-order valence-electron chi connectivity index (χ3n) is 3.39. The molecule has 0 bridgehead atoms. The van der Waals surface area contributed by atoms with Crippen molar-refractivity contribution in [3.05, 3.63) is 29.8 Å². The van der Waals surface area contributed by atoms with Crippen LogP contribution in [0.3, 0.4) is 0 Å². The van der Waals surface area contributed by atoms with Crippen LogP contribution in [0.25, 0.3) is 0 Å². The first-order valence-corrected chi connectivity index (χ1v) is 7.15. The van der Waals surface area contributed by atoms with Crippen molar-refractivity contribution in [3.8, 4) is 0 Å². The lowest BCUT2D eigenvalue weighted by atomic mass is 10.1. The SMILES string of the molecule is CCCCCCNC(C)c1ccc(N(C)C)cc1. The Morgan fingerprint density at radius 3 is 2.28 bits per heavy atom. The Kier molecular flexibility index (Phi) is 6.81. The summed E-state index contributed by atoms with van der Waals surface area (Å²) in [4.78, 5) is 2.13. The van der Waals surface area contributed by atoms with Crippen LogP contribution < -0.4 is 10.2 Å². The minimum atomic E-state index is 0.447. The summed E-state index contributed by atoms with van der Waals surface area (Å²) in [6, 6.07) is 9.26. The van der Waals surface area contributed by atoms with Crippen molar-refractivity contribution in [3.63, 3.8) is 0 Å². The second-order valence-corrected chi connectivity index (χ2v) is 5.22. The first-order valence-electron chi connectivity index (χ1n) is 7.15. The van der Waals surface area contributed by atoms with E-state index in [1.165, 1.54) is 36.9 Å². The standard InChI is InChI=1S/C16H28N2/c1-5-6-7-8-13-17-14(2)15-9-11-16(12-10-15)18(3)4/h9-12,14,17H,5-8,13H2,1-4H3. The molecule has 1 rings (SSSR count). The van der Waals surface area contributed by atoms with Crippen LogP contribution in [0.4, 0.5) is 5.69 Å². The van der Waals surface area contributed by atoms with Crippen molar-refractivity contribution in [1.82, 2.24) is 5.32 Å². The maximum absolute atomic E-state index is 3.59. The van der Waals surface area contributed by atoms with E-state index in [4.69, 9.17) is 0 Å². The number of nitrogens with one attached hydrogen (secondary N) is 1. The third-order valence-corrected chi connectivity index (χ3v) is 3.39. The molecular formula is C16H28N2. The number of unbranched alkanes of at least 4 members (excludes halogenated alkanes) is 3. The van der Waals surface area contributed by atoms with Crippen molar-refractivity contribution >= 4 is 5.69 Å². The van der Waals surface area contributed by atoms with Crippen LogP contribution in [0.15, 0.2) is 24.3 Å². The number of hydrogen-bond donors (Lipinski definition) is 1. The van der Waals surface area contributed by atoms with Crippen LogP contribution in [-0.4, -0.2) is 20.6 Å². The first-order chi connectivity index (χ1) is 8.65. The van der Waals surface area contributed by atoms with Gasteiger partial charge in [-0.2, -0.15) is 0 Å². The van der Waals surface area contributed by atoms with E-state index in [1.54, 1.807) is 0 Å². The molecule has 102 valence electrons. The summed E-state index contributed by atoms with van der Waals surface area (Å²) < 4.78 is 0. The highest BCUT2D eigenvalue weighted by molar-refractivity contribution is 5.46. The van der Waals surface area contributed by atoms with Gasteiger partial charge in [0.1, 0.15) is 0 Å². The molecule has 0 saturated carbocycles. The van der Waals surface area contributed by atoms with Gasteiger partial charge in [0.2, 0.25) is 0 Å². The summed E-state index contributed by atoms with van der Waals surface area (Å²) in [5.41, 5.74) is 2.63. The normalized spacial score (nSPS) is 12.4. The lowest BCUT2D eigenvalue weighted by molar-refractivity contribution is 0.536. The monoisotopic (exact) mass is 248 g/mol. The zero-order valence-electron chi connectivity index (χ0n) is 12.4. The van der Waals surface area contributed by atoms with E-state index in [-0.39, 0.29) is 0 Å². The molecule has 2 heteroatoms. The molecule has 0 aromatic heterocycles. The van der Waals surface area contributed by atoms with Gasteiger partial charge in [-0.05, 0) is 37.6 Å². The van der Waals surface area contributed by atoms with E-state index in [0.29, 0.717) is 6.04 Å². The summed E-state index contributed by atoms with van der Waals surface area (Å²) in [5.74, 6) is 0. The van der Waals surface area contributed by atoms with Gasteiger partial charge >= 0.3 is 0 Å². The van der Waals surface area contributed by atoms with Crippen LogP contribution >= 0.6 is 0 Å². The smallest absolute Gasteiger partial charge is 0.0361 e. The molecule has 0 fully saturated rings. The van der Waals surface area contributed by atoms with Crippen LogP contribution in [0.1, 0.15) is 51.1 Å². The topological polar surface area (TPSA) is 15.3 Å². The number of anilines is 1. The van der Waals surface area contributed by atoms with Gasteiger partial charge in [0.25, 0.3) is 0 Å². The molecule has 1 aromatic rings. The second-order valence-electron chi connectivity index (χ2n) is 5.22. The molecule has 0 heterocycles. The van der Waals surface area contributed by atoms with Gasteiger partial charge in [0.15, 0.2) is 0 Å². The zero-order chi connectivity index (χ0) is 13.4. The molecule has 2 nitrogen and oxygen atoms in total. The average Bonchev–Trinajstić information content (AvgIpc) is 2.38. The first kappa shape index (κ1) is 15.0. The highest BCUT2D eigenvalue weighted by Crippen LogP contribution is 2.17. The summed E-state index contributed by atoms with van der Waals surface area (Å²) >= 11 is 0. The van der Waals surface area contributed by atoms with E-state index in [2.05, 4.69) is 62.4 Å². The van der Waals surface area contributed by atoms with Crippen LogP contribution in [0.5, 0.6) is 0 Å². The molecule has 1 aromatic carbocycles. The predicted molar refractivity (Wildman–Crippen MR) is 81.3 cm³/mol. The summed E-state index contributed by atoms with van der Waals surface area (Å²) in [7, 11) is 4.15. The van der Waals surface area contributed by atoms with Gasteiger partial charge in [-0.3, -0.25) is 0 Å². The van der Waals surface area contributed by atoms with E-state index >= 15 is 0 Å². The fraction of sp³-hybridized carbons (Fsp3) is 0.625. The minimum absolute atomic E-state index is 0.447. The average molecular weight is 248 g/mol. The number of benzene rings is 1. The molecule has 0 amide bonds. The van der Waals surface area contributed by atoms with Gasteiger partial charge in [0.05, 0.1) is 0 Å². The molecule has 1 N–H and O–H groups in total. The van der Waals surface area contributed by atoms with E-state index < -0.39 is 0 Å². The second kappa shape index (κ2) is 8.15. The van der Waals surface area contributed by atoms with Crippen molar-refractivity contribution in [2.24, 2.45) is 0 Å². The fourth-order valence-electron chi connectivity index (χ4n) is 2.05.